The number of halogens is 2. The number of aliphatic hydroxyl groups excluding tert-OH is 2. The first-order chi connectivity index (χ1) is 16.4. The van der Waals surface area contributed by atoms with Gasteiger partial charge >= 0.3 is 0 Å². The average Bonchev–Trinajstić information content (AvgIpc) is 2.84. The summed E-state index contributed by atoms with van der Waals surface area (Å²) in [7, 11) is 1.60. The summed E-state index contributed by atoms with van der Waals surface area (Å²) in [5, 5.41) is 30.4. The maximum Gasteiger partial charge on any atom is 0.259 e. The van der Waals surface area contributed by atoms with E-state index in [1.807, 2.05) is 0 Å². The molecule has 0 saturated heterocycles. The predicted octanol–water partition coefficient (Wildman–Crippen LogP) is 2.82. The molecule has 0 unspecified atom stereocenters. The molecule has 0 aliphatic carbocycles. The molecule has 10 nitrogen and oxygen atoms in total. The number of anilines is 2. The van der Waals surface area contributed by atoms with Gasteiger partial charge in [-0.3, -0.25) is 9.36 Å². The van der Waals surface area contributed by atoms with E-state index >= 15 is 0 Å². The molecule has 4 rings (SSSR count). The van der Waals surface area contributed by atoms with Crippen LogP contribution < -0.4 is 15.6 Å². The Morgan fingerprint density at radius 2 is 1.85 bits per heavy atom. The van der Waals surface area contributed by atoms with Crippen LogP contribution in [0.3, 0.4) is 0 Å². The zero-order valence-corrected chi connectivity index (χ0v) is 19.5. The Labute approximate surface area is 203 Å². The fourth-order valence-electron chi connectivity index (χ4n) is 3.19. The van der Waals surface area contributed by atoms with E-state index < -0.39 is 5.92 Å². The van der Waals surface area contributed by atoms with Crippen molar-refractivity contribution in [3.63, 3.8) is 0 Å². The van der Waals surface area contributed by atoms with Crippen molar-refractivity contribution in [2.24, 2.45) is 13.0 Å². The maximum absolute atomic E-state index is 13.0. The number of rotatable bonds is 8. The molecule has 0 amide bonds. The van der Waals surface area contributed by atoms with Crippen molar-refractivity contribution in [2.45, 2.75) is 0 Å². The fraction of sp³-hybridized carbons (Fsp3) is 0.227. The Hall–Kier alpha value is -3.31. The minimum absolute atomic E-state index is 0.109. The standard InChI is InChI=1S/C22H20Cl2N6O4/c1-30-20-13(7-14(21(30)33)19-15(23)3-2-4-16(19)24)8-25-22(27-20)26-17-5-6-18(29-28-17)34-11-12(9-31)10-32/h2-8,12,31-32H,9-11H2,1H3,(H,25,26,27,28). The van der Waals surface area contributed by atoms with Gasteiger partial charge in [-0.15, -0.1) is 10.2 Å². The molecule has 0 aliphatic rings. The number of pyridine rings is 1. The van der Waals surface area contributed by atoms with Gasteiger partial charge in [0.15, 0.2) is 5.82 Å². The SMILES string of the molecule is Cn1c(=O)c(-c2c(Cl)cccc2Cl)cc2cnc(Nc3ccc(OCC(CO)CO)nn3)nc21. The van der Waals surface area contributed by atoms with Gasteiger partial charge in [-0.05, 0) is 24.3 Å². The number of hydrogen-bond acceptors (Lipinski definition) is 9. The molecule has 3 N–H and O–H groups in total. The molecule has 0 fully saturated rings. The lowest BCUT2D eigenvalue weighted by molar-refractivity contribution is 0.104. The largest absolute Gasteiger partial charge is 0.476 e. The molecular weight excluding hydrogens is 483 g/mol. The van der Waals surface area contributed by atoms with Crippen LogP contribution in [-0.2, 0) is 7.05 Å². The van der Waals surface area contributed by atoms with Gasteiger partial charge in [-0.1, -0.05) is 29.3 Å². The molecule has 0 bridgehead atoms. The summed E-state index contributed by atoms with van der Waals surface area (Å²) in [6, 6.07) is 9.91. The molecule has 3 heterocycles. The molecule has 12 heteroatoms. The lowest BCUT2D eigenvalue weighted by atomic mass is 10.1. The highest BCUT2D eigenvalue weighted by Gasteiger charge is 2.16. The maximum atomic E-state index is 13.0. The third-order valence-electron chi connectivity index (χ3n) is 5.04. The Morgan fingerprint density at radius 3 is 2.50 bits per heavy atom. The molecular formula is C22H20Cl2N6O4. The molecule has 4 aromatic rings. The molecule has 0 atom stereocenters. The van der Waals surface area contributed by atoms with Crippen molar-refractivity contribution < 1.29 is 14.9 Å². The molecule has 34 heavy (non-hydrogen) atoms. The zero-order chi connectivity index (χ0) is 24.2. The fourth-order valence-corrected chi connectivity index (χ4v) is 3.79. The molecule has 1 aromatic carbocycles. The number of fused-ring (bicyclic) bond motifs is 1. The molecule has 0 saturated carbocycles. The third kappa shape index (κ3) is 4.95. The van der Waals surface area contributed by atoms with Gasteiger partial charge in [-0.25, -0.2) is 4.98 Å². The number of nitrogens with zero attached hydrogens (tertiary/aromatic N) is 5. The summed E-state index contributed by atoms with van der Waals surface area (Å²) in [5.74, 6) is 0.420. The predicted molar refractivity (Wildman–Crippen MR) is 129 cm³/mol. The van der Waals surface area contributed by atoms with E-state index in [-0.39, 0.29) is 37.2 Å². The second kappa shape index (κ2) is 10.3. The van der Waals surface area contributed by atoms with Crippen LogP contribution in [0.25, 0.3) is 22.2 Å². The van der Waals surface area contributed by atoms with E-state index in [1.54, 1.807) is 49.6 Å². The summed E-state index contributed by atoms with van der Waals surface area (Å²) >= 11 is 12.6. The van der Waals surface area contributed by atoms with Crippen LogP contribution in [0.2, 0.25) is 10.0 Å². The highest BCUT2D eigenvalue weighted by molar-refractivity contribution is 6.39. The van der Waals surface area contributed by atoms with Crippen LogP contribution >= 0.6 is 23.2 Å². The number of aryl methyl sites for hydroxylation is 1. The van der Waals surface area contributed by atoms with E-state index in [2.05, 4.69) is 25.5 Å². The molecule has 0 radical (unpaired) electrons. The van der Waals surface area contributed by atoms with Crippen LogP contribution in [0.4, 0.5) is 11.8 Å². The van der Waals surface area contributed by atoms with Crippen molar-refractivity contribution in [2.75, 3.05) is 25.1 Å². The van der Waals surface area contributed by atoms with Gasteiger partial charge in [0, 0.05) is 36.2 Å². The first-order valence-corrected chi connectivity index (χ1v) is 10.9. The van der Waals surface area contributed by atoms with E-state index in [9.17, 15) is 4.79 Å². The zero-order valence-electron chi connectivity index (χ0n) is 17.9. The second-order valence-corrected chi connectivity index (χ2v) is 8.23. The Bertz CT molecular complexity index is 1360. The van der Waals surface area contributed by atoms with E-state index in [1.165, 1.54) is 4.57 Å². The third-order valence-corrected chi connectivity index (χ3v) is 5.67. The van der Waals surface area contributed by atoms with Crippen LogP contribution in [0.15, 0.2) is 47.4 Å². The van der Waals surface area contributed by atoms with Crippen molar-refractivity contribution in [3.8, 4) is 17.0 Å². The minimum Gasteiger partial charge on any atom is -0.476 e. The van der Waals surface area contributed by atoms with Gasteiger partial charge in [0.05, 0.1) is 35.4 Å². The van der Waals surface area contributed by atoms with E-state index in [0.29, 0.717) is 38.0 Å². The van der Waals surface area contributed by atoms with E-state index in [4.69, 9.17) is 38.2 Å². The van der Waals surface area contributed by atoms with Gasteiger partial charge in [-0.2, -0.15) is 4.98 Å². The lowest BCUT2D eigenvalue weighted by Gasteiger charge is -2.12. The van der Waals surface area contributed by atoms with Crippen molar-refractivity contribution in [1.29, 1.82) is 0 Å². The highest BCUT2D eigenvalue weighted by Crippen LogP contribution is 2.33. The van der Waals surface area contributed by atoms with Crippen molar-refractivity contribution in [3.05, 3.63) is 63.0 Å². The van der Waals surface area contributed by atoms with Gasteiger partial charge < -0.3 is 20.3 Å². The Morgan fingerprint density at radius 1 is 1.12 bits per heavy atom. The first kappa shape index (κ1) is 23.8. The minimum atomic E-state index is -0.397. The van der Waals surface area contributed by atoms with Gasteiger partial charge in [0.2, 0.25) is 11.8 Å². The first-order valence-electron chi connectivity index (χ1n) is 10.2. The number of benzene rings is 1. The molecule has 3 aromatic heterocycles. The quantitative estimate of drug-likeness (QED) is 0.332. The summed E-state index contributed by atoms with van der Waals surface area (Å²) in [5.41, 5.74) is 0.900. The van der Waals surface area contributed by atoms with Crippen molar-refractivity contribution >= 4 is 46.0 Å². The Balaban J connectivity index is 1.59. The summed E-state index contributed by atoms with van der Waals surface area (Å²) in [4.78, 5) is 21.8. The Kier molecular flexibility index (Phi) is 7.23. The lowest BCUT2D eigenvalue weighted by Crippen LogP contribution is -2.20. The summed E-state index contributed by atoms with van der Waals surface area (Å²) < 4.78 is 6.80. The summed E-state index contributed by atoms with van der Waals surface area (Å²) in [6.07, 6.45) is 1.58. The van der Waals surface area contributed by atoms with Crippen LogP contribution in [0.1, 0.15) is 0 Å². The topological polar surface area (TPSA) is 135 Å². The van der Waals surface area contributed by atoms with Crippen LogP contribution in [0.5, 0.6) is 5.88 Å². The number of nitrogens with one attached hydrogen (secondary N) is 1. The van der Waals surface area contributed by atoms with Gasteiger partial charge in [0.1, 0.15) is 5.65 Å². The monoisotopic (exact) mass is 502 g/mol. The van der Waals surface area contributed by atoms with Crippen LogP contribution in [-0.4, -0.2) is 54.8 Å². The number of hydrogen-bond donors (Lipinski definition) is 3. The second-order valence-electron chi connectivity index (χ2n) is 7.42. The van der Waals surface area contributed by atoms with Crippen LogP contribution in [0, 0.1) is 5.92 Å². The number of aliphatic hydroxyl groups is 2. The van der Waals surface area contributed by atoms with Gasteiger partial charge in [0.25, 0.3) is 5.56 Å². The smallest absolute Gasteiger partial charge is 0.259 e. The number of ether oxygens (including phenoxy) is 1. The average molecular weight is 503 g/mol. The van der Waals surface area contributed by atoms with Crippen molar-refractivity contribution in [1.82, 2.24) is 24.7 Å². The summed E-state index contributed by atoms with van der Waals surface area (Å²) in [6.45, 7) is -0.283. The molecule has 176 valence electrons. The molecule has 0 aliphatic heterocycles. The molecule has 0 spiro atoms. The normalized spacial score (nSPS) is 11.2. The number of aromatic nitrogens is 5. The highest BCUT2D eigenvalue weighted by atomic mass is 35.5. The van der Waals surface area contributed by atoms with E-state index in [0.717, 1.165) is 0 Å².